The lowest BCUT2D eigenvalue weighted by atomic mass is 9.89. The molecule has 3 N–H and O–H groups in total. The Morgan fingerprint density at radius 2 is 1.95 bits per heavy atom. The average Bonchev–Trinajstić information content (AvgIpc) is 2.84. The molecule has 2 saturated heterocycles. The van der Waals surface area contributed by atoms with Gasteiger partial charge in [0.05, 0.1) is 11.3 Å². The van der Waals surface area contributed by atoms with Crippen LogP contribution < -0.4 is 5.73 Å². The molecule has 2 heterocycles. The van der Waals surface area contributed by atoms with Crippen molar-refractivity contribution in [3.05, 3.63) is 0 Å². The molecule has 0 aromatic heterocycles. The minimum Gasteiger partial charge on any atom is -0.481 e. The third-order valence-corrected chi connectivity index (χ3v) is 6.37. The van der Waals surface area contributed by atoms with Crippen LogP contribution in [0.2, 0.25) is 0 Å². The van der Waals surface area contributed by atoms with Crippen LogP contribution in [0, 0.1) is 11.3 Å². The molecule has 2 aliphatic rings. The Balaban J connectivity index is 2.12. The molecule has 0 bridgehead atoms. The Hall–Kier alpha value is -1.19. The fraction of sp³-hybridized carbons (Fsp3) is 0.833. The molecule has 0 aromatic rings. The monoisotopic (exact) mass is 319 g/mol. The van der Waals surface area contributed by atoms with Crippen LogP contribution in [-0.4, -0.2) is 60.2 Å². The van der Waals surface area contributed by atoms with Crippen LogP contribution in [0.1, 0.15) is 26.2 Å². The summed E-state index contributed by atoms with van der Waals surface area (Å²) in [5, 5.41) is 9.05. The van der Waals surface area contributed by atoms with Crippen molar-refractivity contribution >= 4 is 22.1 Å². The zero-order chi connectivity index (χ0) is 15.8. The lowest BCUT2D eigenvalue weighted by Crippen LogP contribution is -2.49. The molecule has 2 unspecified atom stereocenters. The van der Waals surface area contributed by atoms with Gasteiger partial charge in [-0.05, 0) is 26.2 Å². The van der Waals surface area contributed by atoms with Gasteiger partial charge in [0.15, 0.2) is 0 Å². The number of nitrogens with two attached hydrogens (primary N) is 1. The normalized spacial score (nSPS) is 32.1. The maximum Gasteiger partial charge on any atom is 0.307 e. The van der Waals surface area contributed by atoms with Gasteiger partial charge in [0.1, 0.15) is 0 Å². The lowest BCUT2D eigenvalue weighted by molar-refractivity contribution is -0.142. The number of carboxylic acids is 1. The fourth-order valence-electron chi connectivity index (χ4n) is 2.83. The van der Waals surface area contributed by atoms with E-state index in [2.05, 4.69) is 0 Å². The standard InChI is InChI=1S/C12H21N3O5S/c1-12(11(13)18)4-6-15(8-12)21(19,20)14-5-2-3-9(7-14)10(16)17/h9H,2-8H2,1H3,(H2,13,18)(H,16,17). The molecule has 0 aromatic carbocycles. The highest BCUT2D eigenvalue weighted by Crippen LogP contribution is 2.33. The number of aliphatic carboxylic acids is 1. The van der Waals surface area contributed by atoms with Crippen LogP contribution in [0.25, 0.3) is 0 Å². The molecule has 8 nitrogen and oxygen atoms in total. The van der Waals surface area contributed by atoms with Crippen LogP contribution in [0.3, 0.4) is 0 Å². The Kier molecular flexibility index (Phi) is 4.27. The van der Waals surface area contributed by atoms with E-state index in [1.807, 2.05) is 0 Å². The van der Waals surface area contributed by atoms with E-state index < -0.39 is 33.4 Å². The summed E-state index contributed by atoms with van der Waals surface area (Å²) in [5.41, 5.74) is 4.47. The van der Waals surface area contributed by atoms with Gasteiger partial charge in [0.2, 0.25) is 5.91 Å². The molecular formula is C12H21N3O5S. The maximum atomic E-state index is 12.6. The van der Waals surface area contributed by atoms with Crippen molar-refractivity contribution in [2.45, 2.75) is 26.2 Å². The number of piperidine rings is 1. The summed E-state index contributed by atoms with van der Waals surface area (Å²) in [7, 11) is -3.74. The molecule has 2 atom stereocenters. The van der Waals surface area contributed by atoms with E-state index in [1.54, 1.807) is 6.92 Å². The van der Waals surface area contributed by atoms with E-state index in [9.17, 15) is 18.0 Å². The van der Waals surface area contributed by atoms with Gasteiger partial charge in [0.25, 0.3) is 10.2 Å². The molecular weight excluding hydrogens is 298 g/mol. The summed E-state index contributed by atoms with van der Waals surface area (Å²) in [5.74, 6) is -2.15. The first-order chi connectivity index (χ1) is 9.67. The molecule has 21 heavy (non-hydrogen) atoms. The number of hydrogen-bond donors (Lipinski definition) is 2. The number of carboxylic acid groups (broad SMARTS) is 1. The first-order valence-electron chi connectivity index (χ1n) is 6.95. The topological polar surface area (TPSA) is 121 Å². The van der Waals surface area contributed by atoms with Crippen molar-refractivity contribution in [1.82, 2.24) is 8.61 Å². The molecule has 2 aliphatic heterocycles. The van der Waals surface area contributed by atoms with Crippen molar-refractivity contribution in [2.75, 3.05) is 26.2 Å². The average molecular weight is 319 g/mol. The summed E-state index contributed by atoms with van der Waals surface area (Å²) in [6.07, 6.45) is 1.40. The summed E-state index contributed by atoms with van der Waals surface area (Å²) in [6, 6.07) is 0. The third-order valence-electron chi connectivity index (χ3n) is 4.42. The van der Waals surface area contributed by atoms with Crippen LogP contribution >= 0.6 is 0 Å². The number of rotatable bonds is 4. The van der Waals surface area contributed by atoms with Crippen molar-refractivity contribution in [1.29, 1.82) is 0 Å². The van der Waals surface area contributed by atoms with E-state index >= 15 is 0 Å². The summed E-state index contributed by atoms with van der Waals surface area (Å²) in [6.45, 7) is 2.24. The van der Waals surface area contributed by atoms with Crippen molar-refractivity contribution in [2.24, 2.45) is 17.1 Å². The van der Waals surface area contributed by atoms with Gasteiger partial charge in [-0.2, -0.15) is 17.0 Å². The van der Waals surface area contributed by atoms with Crippen LogP contribution in [0.4, 0.5) is 0 Å². The van der Waals surface area contributed by atoms with Gasteiger partial charge in [-0.15, -0.1) is 0 Å². The number of amides is 1. The Morgan fingerprint density at radius 3 is 2.48 bits per heavy atom. The molecule has 120 valence electrons. The number of nitrogens with zero attached hydrogens (tertiary/aromatic N) is 2. The predicted octanol–water partition coefficient (Wildman–Crippen LogP) is -0.775. The Labute approximate surface area is 124 Å². The van der Waals surface area contributed by atoms with E-state index in [4.69, 9.17) is 10.8 Å². The number of carbonyl (C=O) groups excluding carboxylic acids is 1. The molecule has 1 amide bonds. The molecule has 0 aliphatic carbocycles. The van der Waals surface area contributed by atoms with Gasteiger partial charge < -0.3 is 10.8 Å². The zero-order valence-electron chi connectivity index (χ0n) is 12.0. The van der Waals surface area contributed by atoms with Gasteiger partial charge in [0, 0.05) is 26.2 Å². The maximum absolute atomic E-state index is 12.6. The van der Waals surface area contributed by atoms with E-state index in [-0.39, 0.29) is 19.6 Å². The SMILES string of the molecule is CC1(C(N)=O)CCN(S(=O)(=O)N2CCCC(C(=O)O)C2)C1. The van der Waals surface area contributed by atoms with Gasteiger partial charge in [-0.1, -0.05) is 0 Å². The number of carbonyl (C=O) groups is 2. The number of primary amides is 1. The van der Waals surface area contributed by atoms with E-state index in [0.717, 1.165) is 0 Å². The van der Waals surface area contributed by atoms with E-state index in [1.165, 1.54) is 8.61 Å². The quantitative estimate of drug-likeness (QED) is 0.704. The second-order valence-corrected chi connectivity index (χ2v) is 7.98. The first kappa shape index (κ1) is 16.2. The van der Waals surface area contributed by atoms with Crippen LogP contribution in [-0.2, 0) is 19.8 Å². The highest BCUT2D eigenvalue weighted by atomic mass is 32.2. The highest BCUT2D eigenvalue weighted by molar-refractivity contribution is 7.86. The molecule has 0 spiro atoms. The second-order valence-electron chi connectivity index (χ2n) is 6.05. The van der Waals surface area contributed by atoms with E-state index in [0.29, 0.717) is 25.8 Å². The fourth-order valence-corrected chi connectivity index (χ4v) is 4.66. The third kappa shape index (κ3) is 3.04. The van der Waals surface area contributed by atoms with Gasteiger partial charge in [-0.3, -0.25) is 9.59 Å². The lowest BCUT2D eigenvalue weighted by Gasteiger charge is -2.33. The second kappa shape index (κ2) is 5.54. The Bertz CT molecular complexity index is 541. The van der Waals surface area contributed by atoms with Gasteiger partial charge >= 0.3 is 5.97 Å². The summed E-state index contributed by atoms with van der Waals surface area (Å²) in [4.78, 5) is 22.5. The molecule has 0 saturated carbocycles. The van der Waals surface area contributed by atoms with Crippen LogP contribution in [0.5, 0.6) is 0 Å². The first-order valence-corrected chi connectivity index (χ1v) is 8.34. The van der Waals surface area contributed by atoms with Crippen molar-refractivity contribution in [3.8, 4) is 0 Å². The van der Waals surface area contributed by atoms with Crippen molar-refractivity contribution < 1.29 is 23.1 Å². The molecule has 2 fully saturated rings. The minimum absolute atomic E-state index is 0.0124. The van der Waals surface area contributed by atoms with Gasteiger partial charge in [-0.25, -0.2) is 0 Å². The van der Waals surface area contributed by atoms with Crippen LogP contribution in [0.15, 0.2) is 0 Å². The Morgan fingerprint density at radius 1 is 1.29 bits per heavy atom. The smallest absolute Gasteiger partial charge is 0.307 e. The largest absolute Gasteiger partial charge is 0.481 e. The predicted molar refractivity (Wildman–Crippen MR) is 74.3 cm³/mol. The summed E-state index contributed by atoms with van der Waals surface area (Å²) >= 11 is 0. The van der Waals surface area contributed by atoms with Crippen molar-refractivity contribution in [3.63, 3.8) is 0 Å². The number of hydrogen-bond acceptors (Lipinski definition) is 4. The zero-order valence-corrected chi connectivity index (χ0v) is 12.8. The summed E-state index contributed by atoms with van der Waals surface area (Å²) < 4.78 is 27.6. The molecule has 0 radical (unpaired) electrons. The highest BCUT2D eigenvalue weighted by Gasteiger charge is 2.45. The molecule has 9 heteroatoms. The minimum atomic E-state index is -3.74. The molecule has 2 rings (SSSR count).